The number of benzene rings is 2. The van der Waals surface area contributed by atoms with Crippen LogP contribution in [0.1, 0.15) is 15.2 Å². The Morgan fingerprint density at radius 2 is 1.77 bits per heavy atom. The van der Waals surface area contributed by atoms with Gasteiger partial charge in [0.1, 0.15) is 9.90 Å². The molecule has 0 radical (unpaired) electrons. The summed E-state index contributed by atoms with van der Waals surface area (Å²) in [5, 5.41) is 13.2. The number of carbonyl (C=O) groups excluding carboxylic acids is 1. The number of aromatic nitrogens is 2. The molecule has 2 heterocycles. The number of carbonyl (C=O) groups is 1. The van der Waals surface area contributed by atoms with Gasteiger partial charge in [0.2, 0.25) is 10.0 Å². The summed E-state index contributed by atoms with van der Waals surface area (Å²) in [6, 6.07) is 19.6. The van der Waals surface area contributed by atoms with E-state index in [2.05, 4.69) is 10.4 Å². The average molecular weight is 473 g/mol. The highest BCUT2D eigenvalue weighted by atomic mass is 35.5. The van der Waals surface area contributed by atoms with Crippen LogP contribution in [0.15, 0.2) is 77.1 Å². The highest BCUT2D eigenvalue weighted by Gasteiger charge is 2.19. The van der Waals surface area contributed by atoms with Gasteiger partial charge in [-0.15, -0.1) is 11.3 Å². The highest BCUT2D eigenvalue weighted by Crippen LogP contribution is 2.26. The molecule has 158 valence electrons. The topological polar surface area (TPSA) is 107 Å². The molecular formula is C21H17ClN4O3S2. The predicted octanol–water partition coefficient (Wildman–Crippen LogP) is 3.83. The van der Waals surface area contributed by atoms with Gasteiger partial charge in [0.05, 0.1) is 17.8 Å². The summed E-state index contributed by atoms with van der Waals surface area (Å²) in [4.78, 5) is 13.7. The van der Waals surface area contributed by atoms with Crippen LogP contribution in [0.5, 0.6) is 0 Å². The van der Waals surface area contributed by atoms with E-state index in [4.69, 9.17) is 16.7 Å². The molecule has 31 heavy (non-hydrogen) atoms. The number of thiophene rings is 1. The zero-order valence-electron chi connectivity index (χ0n) is 16.0. The molecule has 0 fully saturated rings. The minimum atomic E-state index is -3.76. The number of hydrogen-bond acceptors (Lipinski definition) is 5. The number of para-hydroxylation sites is 1. The first-order valence-electron chi connectivity index (χ1n) is 9.12. The van der Waals surface area contributed by atoms with Crippen molar-refractivity contribution in [3.63, 3.8) is 0 Å². The third-order valence-electron chi connectivity index (χ3n) is 4.44. The molecule has 0 atom stereocenters. The van der Waals surface area contributed by atoms with Gasteiger partial charge in [0.15, 0.2) is 0 Å². The molecule has 0 aliphatic carbocycles. The Hall–Kier alpha value is -2.98. The Morgan fingerprint density at radius 1 is 1.06 bits per heavy atom. The van der Waals surface area contributed by atoms with E-state index in [1.165, 1.54) is 6.07 Å². The van der Waals surface area contributed by atoms with Gasteiger partial charge in [-0.25, -0.2) is 18.2 Å². The van der Waals surface area contributed by atoms with Crippen LogP contribution in [0.3, 0.4) is 0 Å². The lowest BCUT2D eigenvalue weighted by Gasteiger charge is -2.04. The fourth-order valence-electron chi connectivity index (χ4n) is 2.94. The molecule has 0 aliphatic rings. The first-order valence-corrected chi connectivity index (χ1v) is 11.9. The van der Waals surface area contributed by atoms with Crippen LogP contribution in [0.2, 0.25) is 5.02 Å². The number of rotatable bonds is 6. The molecule has 0 unspecified atom stereocenters. The summed E-state index contributed by atoms with van der Waals surface area (Å²) in [7, 11) is -3.76. The number of nitrogens with zero attached hydrogens (tertiary/aromatic N) is 2. The lowest BCUT2D eigenvalue weighted by Crippen LogP contribution is -2.22. The van der Waals surface area contributed by atoms with Crippen molar-refractivity contribution in [3.8, 4) is 16.9 Å². The molecule has 0 saturated heterocycles. The second-order valence-corrected chi connectivity index (χ2v) is 10.0. The molecule has 4 rings (SSSR count). The number of nitrogens with two attached hydrogens (primary N) is 1. The summed E-state index contributed by atoms with van der Waals surface area (Å²) in [6.45, 7) is 0.162. The van der Waals surface area contributed by atoms with Crippen molar-refractivity contribution in [2.24, 2.45) is 5.14 Å². The van der Waals surface area contributed by atoms with E-state index in [-0.39, 0.29) is 16.7 Å². The fourth-order valence-corrected chi connectivity index (χ4v) is 4.79. The smallest absolute Gasteiger partial charge is 0.255 e. The first-order chi connectivity index (χ1) is 14.8. The maximum atomic E-state index is 13.0. The van der Waals surface area contributed by atoms with Crippen LogP contribution in [-0.4, -0.2) is 24.1 Å². The molecule has 0 spiro atoms. The van der Waals surface area contributed by atoms with Crippen LogP contribution < -0.4 is 10.5 Å². The van der Waals surface area contributed by atoms with E-state index in [9.17, 15) is 13.2 Å². The fraction of sp³-hybridized carbons (Fsp3) is 0.0476. The number of nitrogens with one attached hydrogen (secondary N) is 1. The highest BCUT2D eigenvalue weighted by molar-refractivity contribution is 7.91. The monoisotopic (exact) mass is 472 g/mol. The maximum Gasteiger partial charge on any atom is 0.255 e. The summed E-state index contributed by atoms with van der Waals surface area (Å²) < 4.78 is 24.6. The molecule has 0 aliphatic heterocycles. The number of hydrogen-bond donors (Lipinski definition) is 2. The van der Waals surface area contributed by atoms with E-state index >= 15 is 0 Å². The minimum Gasteiger partial charge on any atom is -0.347 e. The average Bonchev–Trinajstić information content (AvgIpc) is 3.41. The molecule has 3 N–H and O–H groups in total. The van der Waals surface area contributed by atoms with Gasteiger partial charge in [-0.3, -0.25) is 4.79 Å². The van der Waals surface area contributed by atoms with Crippen molar-refractivity contribution < 1.29 is 13.2 Å². The maximum absolute atomic E-state index is 13.0. The molecule has 7 nitrogen and oxygen atoms in total. The van der Waals surface area contributed by atoms with Gasteiger partial charge in [-0.2, -0.15) is 5.10 Å². The van der Waals surface area contributed by atoms with Crippen molar-refractivity contribution in [2.45, 2.75) is 10.8 Å². The van der Waals surface area contributed by atoms with E-state index < -0.39 is 10.0 Å². The minimum absolute atomic E-state index is 0.0514. The van der Waals surface area contributed by atoms with Crippen molar-refractivity contribution in [3.05, 3.63) is 88.4 Å². The lowest BCUT2D eigenvalue weighted by molar-refractivity contribution is 0.0952. The van der Waals surface area contributed by atoms with Gasteiger partial charge < -0.3 is 5.32 Å². The van der Waals surface area contributed by atoms with Crippen molar-refractivity contribution in [2.75, 3.05) is 0 Å². The molecule has 2 aromatic carbocycles. The van der Waals surface area contributed by atoms with Crippen LogP contribution >= 0.6 is 22.9 Å². The molecule has 0 bridgehead atoms. The van der Waals surface area contributed by atoms with Crippen LogP contribution in [-0.2, 0) is 16.6 Å². The zero-order valence-corrected chi connectivity index (χ0v) is 18.4. The van der Waals surface area contributed by atoms with Crippen molar-refractivity contribution in [1.29, 1.82) is 0 Å². The Kier molecular flexibility index (Phi) is 5.92. The predicted molar refractivity (Wildman–Crippen MR) is 121 cm³/mol. The molecule has 1 amide bonds. The van der Waals surface area contributed by atoms with Gasteiger partial charge in [0, 0.05) is 21.7 Å². The van der Waals surface area contributed by atoms with E-state index in [1.807, 2.05) is 30.3 Å². The third-order valence-corrected chi connectivity index (χ3v) is 7.21. The zero-order chi connectivity index (χ0) is 22.0. The standard InChI is InChI=1S/C21H17ClN4O3S2/c22-15-8-6-14(7-9-15)20-18(13-26(25-20)16-4-2-1-3-5-16)21(27)24-12-17-10-11-19(30-17)31(23,28)29/h1-11,13H,12H2,(H,24,27)(H2,23,28,29). The van der Waals surface area contributed by atoms with Crippen LogP contribution in [0, 0.1) is 0 Å². The Labute approximate surface area is 188 Å². The largest absolute Gasteiger partial charge is 0.347 e. The molecule has 4 aromatic rings. The quantitative estimate of drug-likeness (QED) is 0.444. The van der Waals surface area contributed by atoms with Crippen LogP contribution in [0.25, 0.3) is 16.9 Å². The number of primary sulfonamides is 1. The number of sulfonamides is 1. The third kappa shape index (κ3) is 4.86. The van der Waals surface area contributed by atoms with E-state index in [0.29, 0.717) is 21.2 Å². The van der Waals surface area contributed by atoms with Gasteiger partial charge in [0.25, 0.3) is 5.91 Å². The lowest BCUT2D eigenvalue weighted by atomic mass is 10.1. The van der Waals surface area contributed by atoms with E-state index in [0.717, 1.165) is 22.6 Å². The molecule has 2 aromatic heterocycles. The number of halogens is 1. The Bertz CT molecular complexity index is 1330. The second kappa shape index (κ2) is 8.64. The van der Waals surface area contributed by atoms with Crippen molar-refractivity contribution >= 4 is 38.9 Å². The molecule has 0 saturated carbocycles. The summed E-state index contributed by atoms with van der Waals surface area (Å²) in [5.41, 5.74) is 2.45. The van der Waals surface area contributed by atoms with Gasteiger partial charge >= 0.3 is 0 Å². The van der Waals surface area contributed by atoms with Gasteiger partial charge in [-0.05, 0) is 36.4 Å². The Morgan fingerprint density at radius 3 is 2.42 bits per heavy atom. The SMILES string of the molecule is NS(=O)(=O)c1ccc(CNC(=O)c2cn(-c3ccccc3)nc2-c2ccc(Cl)cc2)s1. The summed E-state index contributed by atoms with van der Waals surface area (Å²) in [5.74, 6) is -0.335. The second-order valence-electron chi connectivity index (χ2n) is 6.63. The van der Waals surface area contributed by atoms with E-state index in [1.54, 1.807) is 41.2 Å². The van der Waals surface area contributed by atoms with Crippen LogP contribution in [0.4, 0.5) is 0 Å². The Balaban J connectivity index is 1.64. The molecular weight excluding hydrogens is 456 g/mol. The van der Waals surface area contributed by atoms with Crippen molar-refractivity contribution in [1.82, 2.24) is 15.1 Å². The normalized spacial score (nSPS) is 11.4. The van der Waals surface area contributed by atoms with Gasteiger partial charge in [-0.1, -0.05) is 41.9 Å². The summed E-state index contributed by atoms with van der Waals surface area (Å²) in [6.07, 6.45) is 1.67. The summed E-state index contributed by atoms with van der Waals surface area (Å²) >= 11 is 7.02. The first kappa shape index (κ1) is 21.3. The number of amides is 1. The molecule has 10 heteroatoms.